The fourth-order valence-corrected chi connectivity index (χ4v) is 3.16. The van der Waals surface area contributed by atoms with Crippen molar-refractivity contribution >= 4 is 17.8 Å². The van der Waals surface area contributed by atoms with E-state index in [2.05, 4.69) is 0 Å². The minimum atomic E-state index is -0.841. The average molecular weight is 273 g/mol. The van der Waals surface area contributed by atoms with Gasteiger partial charge in [-0.05, 0) is 31.4 Å². The lowest BCUT2D eigenvalue weighted by molar-refractivity contribution is -0.143. The van der Waals surface area contributed by atoms with E-state index in [1.807, 2.05) is 0 Å². The number of hydrogen-bond donors (Lipinski definition) is 1. The summed E-state index contributed by atoms with van der Waals surface area (Å²) in [6.07, 6.45) is 2.40. The summed E-state index contributed by atoms with van der Waals surface area (Å²) >= 11 is 0. The minimum absolute atomic E-state index is 0.290. The molecule has 2 aliphatic rings. The SMILES string of the molecule is O=C(O)[C@@H]1CCC[C@@H](N2C(=O)c3ccccc3C2=O)C1. The molecular formula is C15H15NO4. The van der Waals surface area contributed by atoms with Gasteiger partial charge in [-0.3, -0.25) is 19.3 Å². The molecule has 20 heavy (non-hydrogen) atoms. The highest BCUT2D eigenvalue weighted by Crippen LogP contribution is 2.33. The molecule has 0 saturated heterocycles. The first-order valence-corrected chi connectivity index (χ1v) is 6.79. The summed E-state index contributed by atoms with van der Waals surface area (Å²) < 4.78 is 0. The molecule has 2 atom stereocenters. The zero-order valence-electron chi connectivity index (χ0n) is 10.9. The van der Waals surface area contributed by atoms with Crippen LogP contribution in [0.25, 0.3) is 0 Å². The molecule has 2 amide bonds. The Kier molecular flexibility index (Phi) is 3.04. The molecule has 1 heterocycles. The standard InChI is InChI=1S/C15H15NO4/c17-13-11-6-1-2-7-12(11)14(18)16(13)10-5-3-4-9(8-10)15(19)20/h1-2,6-7,9-10H,3-5,8H2,(H,19,20)/t9-,10-/m1/s1. The number of hydrogen-bond acceptors (Lipinski definition) is 3. The topological polar surface area (TPSA) is 74.7 Å². The van der Waals surface area contributed by atoms with Gasteiger partial charge in [-0.2, -0.15) is 0 Å². The van der Waals surface area contributed by atoms with Crippen molar-refractivity contribution < 1.29 is 19.5 Å². The van der Waals surface area contributed by atoms with Crippen LogP contribution >= 0.6 is 0 Å². The maximum absolute atomic E-state index is 12.3. The number of aliphatic carboxylic acids is 1. The van der Waals surface area contributed by atoms with Gasteiger partial charge in [-0.25, -0.2) is 0 Å². The summed E-state index contributed by atoms with van der Waals surface area (Å²) in [5.41, 5.74) is 0.852. The van der Waals surface area contributed by atoms with Crippen LogP contribution in [0.1, 0.15) is 46.4 Å². The molecule has 1 N–H and O–H groups in total. The predicted octanol–water partition coefficient (Wildman–Crippen LogP) is 1.93. The number of imide groups is 1. The molecule has 1 aliphatic carbocycles. The van der Waals surface area contributed by atoms with Crippen LogP contribution in [0.15, 0.2) is 24.3 Å². The van der Waals surface area contributed by atoms with E-state index in [1.165, 1.54) is 4.90 Å². The van der Waals surface area contributed by atoms with Crippen molar-refractivity contribution in [2.24, 2.45) is 5.92 Å². The molecule has 5 heteroatoms. The highest BCUT2D eigenvalue weighted by molar-refractivity contribution is 6.21. The van der Waals surface area contributed by atoms with Crippen molar-refractivity contribution in [2.45, 2.75) is 31.7 Å². The van der Waals surface area contributed by atoms with Gasteiger partial charge >= 0.3 is 5.97 Å². The van der Waals surface area contributed by atoms with Gasteiger partial charge in [0.25, 0.3) is 11.8 Å². The van der Waals surface area contributed by atoms with E-state index in [0.717, 1.165) is 6.42 Å². The van der Waals surface area contributed by atoms with Gasteiger partial charge in [0.05, 0.1) is 17.0 Å². The number of amides is 2. The Morgan fingerprint density at radius 1 is 1.10 bits per heavy atom. The van der Waals surface area contributed by atoms with Crippen LogP contribution in [0.4, 0.5) is 0 Å². The summed E-state index contributed by atoms with van der Waals surface area (Å²) in [6, 6.07) is 6.46. The fourth-order valence-electron chi connectivity index (χ4n) is 3.16. The lowest BCUT2D eigenvalue weighted by atomic mass is 9.85. The molecule has 104 valence electrons. The van der Waals surface area contributed by atoms with E-state index < -0.39 is 11.9 Å². The van der Waals surface area contributed by atoms with Crippen LogP contribution in [-0.4, -0.2) is 33.8 Å². The van der Waals surface area contributed by atoms with E-state index in [0.29, 0.717) is 30.4 Å². The summed E-state index contributed by atoms with van der Waals surface area (Å²) in [5, 5.41) is 9.12. The van der Waals surface area contributed by atoms with Gasteiger partial charge in [0.1, 0.15) is 0 Å². The number of carbonyl (C=O) groups excluding carboxylic acids is 2. The predicted molar refractivity (Wildman–Crippen MR) is 70.3 cm³/mol. The molecule has 1 fully saturated rings. The number of nitrogens with zero attached hydrogens (tertiary/aromatic N) is 1. The Bertz CT molecular complexity index is 560. The van der Waals surface area contributed by atoms with Gasteiger partial charge < -0.3 is 5.11 Å². The molecule has 3 rings (SSSR count). The second-order valence-corrected chi connectivity index (χ2v) is 5.38. The summed E-state index contributed by atoms with van der Waals surface area (Å²) in [5.74, 6) is -1.88. The Morgan fingerprint density at radius 2 is 1.70 bits per heavy atom. The normalized spacial score (nSPS) is 25.7. The number of carboxylic acid groups (broad SMARTS) is 1. The molecule has 0 bridgehead atoms. The lowest BCUT2D eigenvalue weighted by Gasteiger charge is -2.32. The van der Waals surface area contributed by atoms with E-state index in [4.69, 9.17) is 5.11 Å². The Hall–Kier alpha value is -2.17. The number of carboxylic acids is 1. The maximum Gasteiger partial charge on any atom is 0.306 e. The molecule has 0 radical (unpaired) electrons. The van der Waals surface area contributed by atoms with Crippen molar-refractivity contribution in [1.82, 2.24) is 4.90 Å². The molecule has 5 nitrogen and oxygen atoms in total. The second kappa shape index (κ2) is 4.74. The van der Waals surface area contributed by atoms with Crippen molar-refractivity contribution in [2.75, 3.05) is 0 Å². The summed E-state index contributed by atoms with van der Waals surface area (Å²) in [6.45, 7) is 0. The summed E-state index contributed by atoms with van der Waals surface area (Å²) in [4.78, 5) is 37.1. The minimum Gasteiger partial charge on any atom is -0.481 e. The van der Waals surface area contributed by atoms with Gasteiger partial charge in [-0.15, -0.1) is 0 Å². The Balaban J connectivity index is 1.87. The first-order chi connectivity index (χ1) is 9.59. The first kappa shape index (κ1) is 12.8. The van der Waals surface area contributed by atoms with Crippen LogP contribution in [0.3, 0.4) is 0 Å². The van der Waals surface area contributed by atoms with Crippen LogP contribution in [0.2, 0.25) is 0 Å². The number of carbonyl (C=O) groups is 3. The highest BCUT2D eigenvalue weighted by atomic mass is 16.4. The van der Waals surface area contributed by atoms with Crippen LogP contribution < -0.4 is 0 Å². The fraction of sp³-hybridized carbons (Fsp3) is 0.400. The van der Waals surface area contributed by atoms with Gasteiger partial charge in [0.2, 0.25) is 0 Å². The molecule has 1 aliphatic heterocycles. The van der Waals surface area contributed by atoms with Crippen LogP contribution in [0, 0.1) is 5.92 Å². The first-order valence-electron chi connectivity index (χ1n) is 6.79. The third-order valence-corrected chi connectivity index (χ3v) is 4.19. The van der Waals surface area contributed by atoms with Gasteiger partial charge in [-0.1, -0.05) is 18.6 Å². The van der Waals surface area contributed by atoms with E-state index >= 15 is 0 Å². The molecule has 0 unspecified atom stereocenters. The zero-order valence-corrected chi connectivity index (χ0v) is 10.9. The third-order valence-electron chi connectivity index (χ3n) is 4.19. The zero-order chi connectivity index (χ0) is 14.3. The van der Waals surface area contributed by atoms with Crippen molar-refractivity contribution in [3.8, 4) is 0 Å². The van der Waals surface area contributed by atoms with Gasteiger partial charge in [0, 0.05) is 6.04 Å². The van der Waals surface area contributed by atoms with Crippen LogP contribution in [0.5, 0.6) is 0 Å². The average Bonchev–Trinajstić information content (AvgIpc) is 2.72. The van der Waals surface area contributed by atoms with E-state index in [-0.39, 0.29) is 17.9 Å². The van der Waals surface area contributed by atoms with Crippen molar-refractivity contribution in [1.29, 1.82) is 0 Å². The Morgan fingerprint density at radius 3 is 2.25 bits per heavy atom. The Labute approximate surface area is 116 Å². The molecule has 0 spiro atoms. The number of rotatable bonds is 2. The highest BCUT2D eigenvalue weighted by Gasteiger charge is 2.42. The van der Waals surface area contributed by atoms with Crippen molar-refractivity contribution in [3.63, 3.8) is 0 Å². The van der Waals surface area contributed by atoms with Gasteiger partial charge in [0.15, 0.2) is 0 Å². The molecule has 0 aromatic heterocycles. The maximum atomic E-state index is 12.3. The molecule has 1 aromatic rings. The third kappa shape index (κ3) is 1.90. The quantitative estimate of drug-likeness (QED) is 0.835. The molecular weight excluding hydrogens is 258 g/mol. The van der Waals surface area contributed by atoms with Crippen molar-refractivity contribution in [3.05, 3.63) is 35.4 Å². The monoisotopic (exact) mass is 273 g/mol. The molecule has 1 aromatic carbocycles. The number of fused-ring (bicyclic) bond motifs is 1. The van der Waals surface area contributed by atoms with E-state index in [9.17, 15) is 14.4 Å². The lowest BCUT2D eigenvalue weighted by Crippen LogP contribution is -2.43. The largest absolute Gasteiger partial charge is 0.481 e. The summed E-state index contributed by atoms with van der Waals surface area (Å²) in [7, 11) is 0. The number of benzene rings is 1. The molecule has 1 saturated carbocycles. The van der Waals surface area contributed by atoms with E-state index in [1.54, 1.807) is 24.3 Å². The second-order valence-electron chi connectivity index (χ2n) is 5.38. The van der Waals surface area contributed by atoms with Crippen LogP contribution in [-0.2, 0) is 4.79 Å². The smallest absolute Gasteiger partial charge is 0.306 e.